The molecule has 0 aromatic heterocycles. The van der Waals surface area contributed by atoms with Crippen LogP contribution in [-0.4, -0.2) is 40.6 Å². The van der Waals surface area contributed by atoms with Crippen LogP contribution in [0.2, 0.25) is 0 Å². The van der Waals surface area contributed by atoms with Crippen LogP contribution in [0.15, 0.2) is 0 Å². The van der Waals surface area contributed by atoms with Gasteiger partial charge >= 0.3 is 0 Å². The number of ether oxygens (including phenoxy) is 3. The van der Waals surface area contributed by atoms with Crippen LogP contribution in [-0.2, 0) is 14.2 Å². The predicted octanol–water partition coefficient (Wildman–Crippen LogP) is 3.52. The van der Waals surface area contributed by atoms with Gasteiger partial charge in [-0.1, -0.05) is 33.6 Å². The first-order valence-corrected chi connectivity index (χ1v) is 7.49. The number of methoxy groups -OCH3 is 2. The van der Waals surface area contributed by atoms with Gasteiger partial charge in [-0.15, -0.1) is 0 Å². The Labute approximate surface area is 119 Å². The zero-order chi connectivity index (χ0) is 14.4. The molecule has 3 nitrogen and oxygen atoms in total. The van der Waals surface area contributed by atoms with E-state index in [1.54, 1.807) is 14.2 Å². The zero-order valence-electron chi connectivity index (χ0n) is 13.5. The van der Waals surface area contributed by atoms with Crippen molar-refractivity contribution in [3.63, 3.8) is 0 Å². The van der Waals surface area contributed by atoms with E-state index in [2.05, 4.69) is 20.8 Å². The predicted molar refractivity (Wildman–Crippen MR) is 78.4 cm³/mol. The van der Waals surface area contributed by atoms with Crippen LogP contribution in [0.1, 0.15) is 46.5 Å². The maximum absolute atomic E-state index is 6.02. The van der Waals surface area contributed by atoms with Crippen molar-refractivity contribution in [3.05, 3.63) is 0 Å². The summed E-state index contributed by atoms with van der Waals surface area (Å²) in [5.74, 6) is 0.673. The highest BCUT2D eigenvalue weighted by Crippen LogP contribution is 2.41. The summed E-state index contributed by atoms with van der Waals surface area (Å²) in [6.07, 6.45) is 5.23. The lowest BCUT2D eigenvalue weighted by Crippen LogP contribution is -2.43. The summed E-state index contributed by atoms with van der Waals surface area (Å²) in [7, 11) is 3.56. The Morgan fingerprint density at radius 2 is 1.37 bits per heavy atom. The minimum absolute atomic E-state index is 0.0330. The Kier molecular flexibility index (Phi) is 6.78. The first-order valence-electron chi connectivity index (χ1n) is 7.49. The molecule has 19 heavy (non-hydrogen) atoms. The van der Waals surface area contributed by atoms with E-state index in [0.717, 1.165) is 26.4 Å². The Hall–Kier alpha value is -0.120. The third kappa shape index (κ3) is 5.41. The van der Waals surface area contributed by atoms with Crippen molar-refractivity contribution in [2.24, 2.45) is 16.7 Å². The van der Waals surface area contributed by atoms with Crippen LogP contribution in [0, 0.1) is 16.7 Å². The SMILES string of the molecule is COCC(COC)(COCC(C)(C)C)C1CCCC1. The summed E-state index contributed by atoms with van der Waals surface area (Å²) in [5.41, 5.74) is 0.243. The van der Waals surface area contributed by atoms with Gasteiger partial charge in [-0.05, 0) is 24.2 Å². The van der Waals surface area contributed by atoms with Crippen molar-refractivity contribution in [1.29, 1.82) is 0 Å². The molecule has 1 aliphatic rings. The Morgan fingerprint density at radius 1 is 0.842 bits per heavy atom. The van der Waals surface area contributed by atoms with E-state index in [1.165, 1.54) is 25.7 Å². The van der Waals surface area contributed by atoms with Gasteiger partial charge in [-0.25, -0.2) is 0 Å². The fourth-order valence-electron chi connectivity index (χ4n) is 3.15. The third-order valence-corrected chi connectivity index (χ3v) is 4.01. The number of rotatable bonds is 8. The van der Waals surface area contributed by atoms with Gasteiger partial charge in [0.2, 0.25) is 0 Å². The lowest BCUT2D eigenvalue weighted by atomic mass is 9.76. The van der Waals surface area contributed by atoms with Gasteiger partial charge in [-0.3, -0.25) is 0 Å². The molecule has 3 heteroatoms. The summed E-state index contributed by atoms with van der Waals surface area (Å²) in [6, 6.07) is 0. The highest BCUT2D eigenvalue weighted by atomic mass is 16.5. The Bertz CT molecular complexity index is 233. The fraction of sp³-hybridized carbons (Fsp3) is 1.00. The number of hydrogen-bond donors (Lipinski definition) is 0. The monoisotopic (exact) mass is 272 g/mol. The molecule has 0 radical (unpaired) electrons. The lowest BCUT2D eigenvalue weighted by molar-refractivity contribution is -0.0914. The van der Waals surface area contributed by atoms with Gasteiger partial charge in [0.05, 0.1) is 26.4 Å². The van der Waals surface area contributed by atoms with E-state index in [9.17, 15) is 0 Å². The molecule has 0 unspecified atom stereocenters. The van der Waals surface area contributed by atoms with Crippen molar-refractivity contribution in [3.8, 4) is 0 Å². The average Bonchev–Trinajstić information content (AvgIpc) is 2.81. The molecule has 1 aliphatic carbocycles. The number of hydrogen-bond acceptors (Lipinski definition) is 3. The maximum Gasteiger partial charge on any atom is 0.0569 e. The van der Waals surface area contributed by atoms with Gasteiger partial charge in [0, 0.05) is 19.6 Å². The molecule has 114 valence electrons. The highest BCUT2D eigenvalue weighted by Gasteiger charge is 2.41. The van der Waals surface area contributed by atoms with Crippen molar-refractivity contribution in [1.82, 2.24) is 0 Å². The zero-order valence-corrected chi connectivity index (χ0v) is 13.5. The molecule has 0 atom stereocenters. The largest absolute Gasteiger partial charge is 0.384 e. The standard InChI is InChI=1S/C16H32O3/c1-15(2,3)10-19-13-16(11-17-4,12-18-5)14-8-6-7-9-14/h14H,6-13H2,1-5H3. The molecule has 0 aromatic carbocycles. The Morgan fingerprint density at radius 3 is 1.79 bits per heavy atom. The molecule has 0 amide bonds. The van der Waals surface area contributed by atoms with Crippen LogP contribution in [0.5, 0.6) is 0 Å². The van der Waals surface area contributed by atoms with Crippen LogP contribution in [0.25, 0.3) is 0 Å². The molecule has 0 N–H and O–H groups in total. The minimum atomic E-state index is 0.0330. The molecule has 0 saturated heterocycles. The minimum Gasteiger partial charge on any atom is -0.384 e. The molecule has 0 spiro atoms. The van der Waals surface area contributed by atoms with E-state index in [-0.39, 0.29) is 10.8 Å². The first-order chi connectivity index (χ1) is 8.93. The molecule has 1 saturated carbocycles. The van der Waals surface area contributed by atoms with Crippen molar-refractivity contribution in [2.75, 3.05) is 40.6 Å². The second-order valence-electron chi connectivity index (χ2n) is 7.26. The quantitative estimate of drug-likeness (QED) is 0.676. The topological polar surface area (TPSA) is 27.7 Å². The van der Waals surface area contributed by atoms with Crippen molar-refractivity contribution < 1.29 is 14.2 Å². The molecule has 0 aromatic rings. The Balaban J connectivity index is 2.65. The summed E-state index contributed by atoms with van der Waals surface area (Å²) < 4.78 is 17.0. The van der Waals surface area contributed by atoms with Crippen molar-refractivity contribution >= 4 is 0 Å². The molecular weight excluding hydrogens is 240 g/mol. The first kappa shape index (κ1) is 16.9. The summed E-state index contributed by atoms with van der Waals surface area (Å²) in [4.78, 5) is 0. The third-order valence-electron chi connectivity index (χ3n) is 4.01. The fourth-order valence-corrected chi connectivity index (χ4v) is 3.15. The molecule has 1 rings (SSSR count). The molecule has 0 heterocycles. The van der Waals surface area contributed by atoms with Crippen molar-refractivity contribution in [2.45, 2.75) is 46.5 Å². The van der Waals surface area contributed by atoms with E-state index in [0.29, 0.717) is 5.92 Å². The van der Waals surface area contributed by atoms with Gasteiger partial charge in [0.25, 0.3) is 0 Å². The normalized spacial score (nSPS) is 18.2. The summed E-state index contributed by atoms with van der Waals surface area (Å²) >= 11 is 0. The van der Waals surface area contributed by atoms with Gasteiger partial charge in [0.1, 0.15) is 0 Å². The van der Waals surface area contributed by atoms with E-state index in [4.69, 9.17) is 14.2 Å². The molecule has 1 fully saturated rings. The van der Waals surface area contributed by atoms with E-state index < -0.39 is 0 Å². The van der Waals surface area contributed by atoms with Gasteiger partial charge < -0.3 is 14.2 Å². The second kappa shape index (κ2) is 7.61. The maximum atomic E-state index is 6.02. The average molecular weight is 272 g/mol. The van der Waals surface area contributed by atoms with Crippen LogP contribution >= 0.6 is 0 Å². The second-order valence-corrected chi connectivity index (χ2v) is 7.26. The van der Waals surface area contributed by atoms with Crippen LogP contribution in [0.4, 0.5) is 0 Å². The summed E-state index contributed by atoms with van der Waals surface area (Å²) in [5, 5.41) is 0. The molecule has 0 bridgehead atoms. The molecular formula is C16H32O3. The van der Waals surface area contributed by atoms with Crippen LogP contribution < -0.4 is 0 Å². The summed E-state index contributed by atoms with van der Waals surface area (Å²) in [6.45, 7) is 9.61. The van der Waals surface area contributed by atoms with Gasteiger partial charge in [0.15, 0.2) is 0 Å². The van der Waals surface area contributed by atoms with E-state index in [1.807, 2.05) is 0 Å². The van der Waals surface area contributed by atoms with Crippen LogP contribution in [0.3, 0.4) is 0 Å². The van der Waals surface area contributed by atoms with Gasteiger partial charge in [-0.2, -0.15) is 0 Å². The highest BCUT2D eigenvalue weighted by molar-refractivity contribution is 4.89. The lowest BCUT2D eigenvalue weighted by Gasteiger charge is -2.38. The molecule has 0 aliphatic heterocycles. The van der Waals surface area contributed by atoms with E-state index >= 15 is 0 Å². The smallest absolute Gasteiger partial charge is 0.0569 e.